The van der Waals surface area contributed by atoms with Crippen molar-refractivity contribution in [3.63, 3.8) is 0 Å². The van der Waals surface area contributed by atoms with Crippen LogP contribution in [0.4, 0.5) is 0 Å². The Morgan fingerprint density at radius 1 is 1.50 bits per heavy atom. The third-order valence-electron chi connectivity index (χ3n) is 1.98. The van der Waals surface area contributed by atoms with E-state index in [0.717, 1.165) is 16.6 Å². The molecule has 1 aromatic carbocycles. The van der Waals surface area contributed by atoms with Gasteiger partial charge in [0, 0.05) is 4.47 Å². The largest absolute Gasteiger partial charge is 0.179 e. The summed E-state index contributed by atoms with van der Waals surface area (Å²) in [6.45, 7) is 2.23. The highest BCUT2D eigenvalue weighted by molar-refractivity contribution is 9.10. The lowest BCUT2D eigenvalue weighted by molar-refractivity contribution is 0.742. The molecule has 0 heterocycles. The molecule has 1 rings (SSSR count). The van der Waals surface area contributed by atoms with Crippen molar-refractivity contribution in [1.82, 2.24) is 0 Å². The van der Waals surface area contributed by atoms with E-state index in [9.17, 15) is 0 Å². The second-order valence-corrected chi connectivity index (χ2v) is 4.33. The summed E-state index contributed by atoms with van der Waals surface area (Å²) >= 11 is 7.69. The first-order valence-corrected chi connectivity index (χ1v) is 5.53. The van der Waals surface area contributed by atoms with Crippen LogP contribution < -0.4 is 0 Å². The Morgan fingerprint density at radius 3 is 2.83 bits per heavy atom. The fourth-order valence-corrected chi connectivity index (χ4v) is 1.98. The predicted molar refractivity (Wildman–Crippen MR) is 61.0 cm³/mol. The Labute approximate surface area is 87.9 Å². The van der Waals surface area contributed by atoms with Crippen molar-refractivity contribution in [3.8, 4) is 0 Å². The maximum atomic E-state index is 4.22. The van der Waals surface area contributed by atoms with Gasteiger partial charge in [-0.1, -0.05) is 35.0 Å². The average molecular weight is 245 g/mol. The molecule has 0 aliphatic carbocycles. The number of thiol groups is 1. The number of hydrogen-bond donors (Lipinski definition) is 1. The molecule has 12 heavy (non-hydrogen) atoms. The maximum Gasteiger partial charge on any atom is 0.0178 e. The first kappa shape index (κ1) is 10.1. The van der Waals surface area contributed by atoms with E-state index in [1.165, 1.54) is 5.56 Å². The van der Waals surface area contributed by atoms with E-state index in [1.54, 1.807) is 0 Å². The van der Waals surface area contributed by atoms with Gasteiger partial charge in [-0.05, 0) is 35.8 Å². The SMILES string of the molecule is CC(CCS)c1cccc(Br)c1. The van der Waals surface area contributed by atoms with E-state index in [-0.39, 0.29) is 0 Å². The molecule has 0 nitrogen and oxygen atoms in total. The summed E-state index contributed by atoms with van der Waals surface area (Å²) < 4.78 is 1.16. The van der Waals surface area contributed by atoms with Crippen LogP contribution in [0.3, 0.4) is 0 Å². The molecule has 0 radical (unpaired) electrons. The quantitative estimate of drug-likeness (QED) is 0.768. The normalized spacial score (nSPS) is 12.9. The van der Waals surface area contributed by atoms with E-state index in [4.69, 9.17) is 0 Å². The molecule has 0 fully saturated rings. The molecule has 0 aromatic heterocycles. The Bertz CT molecular complexity index is 247. The van der Waals surface area contributed by atoms with Crippen molar-refractivity contribution in [2.75, 3.05) is 5.75 Å². The molecule has 1 aromatic rings. The number of halogens is 1. The van der Waals surface area contributed by atoms with Gasteiger partial charge in [0.2, 0.25) is 0 Å². The topological polar surface area (TPSA) is 0 Å². The van der Waals surface area contributed by atoms with Crippen LogP contribution in [0.1, 0.15) is 24.8 Å². The second kappa shape index (κ2) is 4.93. The summed E-state index contributed by atoms with van der Waals surface area (Å²) in [5.74, 6) is 1.56. The molecule has 0 saturated carbocycles. The Balaban J connectivity index is 2.73. The molecule has 2 heteroatoms. The maximum absolute atomic E-state index is 4.22. The van der Waals surface area contributed by atoms with Crippen LogP contribution in [0.2, 0.25) is 0 Å². The molecule has 0 aliphatic heterocycles. The lowest BCUT2D eigenvalue weighted by atomic mass is 9.99. The molecule has 1 unspecified atom stereocenters. The molecule has 0 N–H and O–H groups in total. The minimum Gasteiger partial charge on any atom is -0.179 e. The van der Waals surface area contributed by atoms with E-state index >= 15 is 0 Å². The number of rotatable bonds is 3. The lowest BCUT2D eigenvalue weighted by Gasteiger charge is -2.09. The molecular weight excluding hydrogens is 232 g/mol. The molecule has 1 atom stereocenters. The van der Waals surface area contributed by atoms with E-state index in [1.807, 2.05) is 0 Å². The Kier molecular flexibility index (Phi) is 4.16. The highest BCUT2D eigenvalue weighted by Crippen LogP contribution is 2.22. The minimum atomic E-state index is 0.611. The van der Waals surface area contributed by atoms with E-state index in [0.29, 0.717) is 5.92 Å². The summed E-state index contributed by atoms with van der Waals surface area (Å²) in [6, 6.07) is 8.47. The van der Waals surface area contributed by atoms with Crippen LogP contribution in [0.25, 0.3) is 0 Å². The van der Waals surface area contributed by atoms with E-state index in [2.05, 4.69) is 59.7 Å². The van der Waals surface area contributed by atoms with Gasteiger partial charge in [0.15, 0.2) is 0 Å². The van der Waals surface area contributed by atoms with Gasteiger partial charge in [0.25, 0.3) is 0 Å². The van der Waals surface area contributed by atoms with Gasteiger partial charge in [0.05, 0.1) is 0 Å². The van der Waals surface area contributed by atoms with Gasteiger partial charge in [-0.2, -0.15) is 12.6 Å². The fourth-order valence-electron chi connectivity index (χ4n) is 1.17. The zero-order valence-electron chi connectivity index (χ0n) is 7.13. The number of benzene rings is 1. The first-order valence-electron chi connectivity index (χ1n) is 4.10. The third-order valence-corrected chi connectivity index (χ3v) is 2.73. The predicted octanol–water partition coefficient (Wildman–Crippen LogP) is 3.87. The standard InChI is InChI=1S/C10H13BrS/c1-8(5-6-12)9-3-2-4-10(11)7-9/h2-4,7-8,12H,5-6H2,1H3. The molecule has 0 bridgehead atoms. The molecule has 0 aliphatic rings. The zero-order chi connectivity index (χ0) is 8.97. The Morgan fingerprint density at radius 2 is 2.25 bits per heavy atom. The van der Waals surface area contributed by atoms with Crippen LogP contribution in [0.15, 0.2) is 28.7 Å². The van der Waals surface area contributed by atoms with Crippen molar-refractivity contribution >= 4 is 28.6 Å². The van der Waals surface area contributed by atoms with Crippen LogP contribution >= 0.6 is 28.6 Å². The number of hydrogen-bond acceptors (Lipinski definition) is 1. The van der Waals surface area contributed by atoms with Crippen molar-refractivity contribution < 1.29 is 0 Å². The van der Waals surface area contributed by atoms with Crippen molar-refractivity contribution in [1.29, 1.82) is 0 Å². The van der Waals surface area contributed by atoms with Crippen molar-refractivity contribution in [2.45, 2.75) is 19.3 Å². The van der Waals surface area contributed by atoms with Gasteiger partial charge < -0.3 is 0 Å². The molecule has 0 amide bonds. The van der Waals surface area contributed by atoms with Gasteiger partial charge >= 0.3 is 0 Å². The Hall–Kier alpha value is 0.0500. The molecule has 66 valence electrons. The second-order valence-electron chi connectivity index (χ2n) is 2.97. The lowest BCUT2D eigenvalue weighted by Crippen LogP contribution is -1.93. The van der Waals surface area contributed by atoms with Crippen LogP contribution in [0, 0.1) is 0 Å². The minimum absolute atomic E-state index is 0.611. The van der Waals surface area contributed by atoms with Gasteiger partial charge in [-0.25, -0.2) is 0 Å². The third kappa shape index (κ3) is 2.83. The highest BCUT2D eigenvalue weighted by Gasteiger charge is 2.03. The summed E-state index contributed by atoms with van der Waals surface area (Å²) in [5.41, 5.74) is 1.39. The highest BCUT2D eigenvalue weighted by atomic mass is 79.9. The summed E-state index contributed by atoms with van der Waals surface area (Å²) in [6.07, 6.45) is 1.14. The zero-order valence-corrected chi connectivity index (χ0v) is 9.61. The van der Waals surface area contributed by atoms with Gasteiger partial charge in [-0.15, -0.1) is 0 Å². The van der Waals surface area contributed by atoms with Crippen LogP contribution in [-0.4, -0.2) is 5.75 Å². The van der Waals surface area contributed by atoms with E-state index < -0.39 is 0 Å². The monoisotopic (exact) mass is 244 g/mol. The van der Waals surface area contributed by atoms with Crippen LogP contribution in [0.5, 0.6) is 0 Å². The molecule has 0 spiro atoms. The van der Waals surface area contributed by atoms with Gasteiger partial charge in [0.1, 0.15) is 0 Å². The van der Waals surface area contributed by atoms with Crippen molar-refractivity contribution in [2.24, 2.45) is 0 Å². The average Bonchev–Trinajstić information content (AvgIpc) is 2.05. The summed E-state index contributed by atoms with van der Waals surface area (Å²) in [5, 5.41) is 0. The molecule has 0 saturated heterocycles. The summed E-state index contributed by atoms with van der Waals surface area (Å²) in [4.78, 5) is 0. The van der Waals surface area contributed by atoms with Crippen LogP contribution in [-0.2, 0) is 0 Å². The summed E-state index contributed by atoms with van der Waals surface area (Å²) in [7, 11) is 0. The van der Waals surface area contributed by atoms with Crippen molar-refractivity contribution in [3.05, 3.63) is 34.3 Å². The first-order chi connectivity index (χ1) is 5.74. The van der Waals surface area contributed by atoms with Gasteiger partial charge in [-0.3, -0.25) is 0 Å². The fraction of sp³-hybridized carbons (Fsp3) is 0.400. The smallest absolute Gasteiger partial charge is 0.0178 e. The molecular formula is C10H13BrS.